The maximum absolute atomic E-state index is 11.8. The zero-order valence-corrected chi connectivity index (χ0v) is 12.7. The lowest BCUT2D eigenvalue weighted by Gasteiger charge is -2.19. The number of amides is 1. The normalized spacial score (nSPS) is 11.6. The molecule has 112 valence electrons. The lowest BCUT2D eigenvalue weighted by Crippen LogP contribution is -2.40. The van der Waals surface area contributed by atoms with Crippen LogP contribution in [0, 0.1) is 0 Å². The Morgan fingerprint density at radius 1 is 1.40 bits per heavy atom. The average molecular weight is 299 g/mol. The topological polar surface area (TPSA) is 79.4 Å². The van der Waals surface area contributed by atoms with E-state index in [1.54, 1.807) is 18.3 Å². The molecule has 0 aliphatic heterocycles. The summed E-state index contributed by atoms with van der Waals surface area (Å²) >= 11 is 0. The summed E-state index contributed by atoms with van der Waals surface area (Å²) in [4.78, 5) is 15.9. The zero-order valence-electron chi connectivity index (χ0n) is 11.9. The van der Waals surface area contributed by atoms with E-state index < -0.39 is 10.0 Å². The first-order valence-electron chi connectivity index (χ1n) is 6.55. The lowest BCUT2D eigenvalue weighted by molar-refractivity contribution is -0.121. The van der Waals surface area contributed by atoms with E-state index in [4.69, 9.17) is 0 Å². The molecule has 7 heteroatoms. The number of hydrogen-bond donors (Lipinski definition) is 1. The molecule has 6 nitrogen and oxygen atoms in total. The van der Waals surface area contributed by atoms with Gasteiger partial charge in [-0.1, -0.05) is 19.4 Å². The third-order valence-corrected chi connectivity index (χ3v) is 3.99. The highest BCUT2D eigenvalue weighted by Crippen LogP contribution is 2.01. The molecule has 0 aliphatic carbocycles. The van der Waals surface area contributed by atoms with Crippen molar-refractivity contribution in [1.29, 1.82) is 0 Å². The molecule has 0 aromatic carbocycles. The number of aromatic nitrogens is 1. The molecule has 0 saturated carbocycles. The molecule has 0 spiro atoms. The van der Waals surface area contributed by atoms with E-state index >= 15 is 0 Å². The van der Waals surface area contributed by atoms with E-state index in [-0.39, 0.29) is 12.5 Å². The Labute approximate surface area is 120 Å². The second kappa shape index (κ2) is 7.96. The monoisotopic (exact) mass is 299 g/mol. The number of carbonyl (C=O) groups is 1. The minimum Gasteiger partial charge on any atom is -0.349 e. The van der Waals surface area contributed by atoms with E-state index in [1.807, 2.05) is 13.0 Å². The third kappa shape index (κ3) is 6.12. The smallest absolute Gasteiger partial charge is 0.235 e. The molecule has 0 bridgehead atoms. The first-order chi connectivity index (χ1) is 9.43. The molecule has 1 aromatic heterocycles. The Bertz CT molecular complexity index is 517. The van der Waals surface area contributed by atoms with Crippen molar-refractivity contribution < 1.29 is 13.2 Å². The second-order valence-corrected chi connectivity index (χ2v) is 6.53. The third-order valence-electron chi connectivity index (χ3n) is 2.74. The summed E-state index contributed by atoms with van der Waals surface area (Å²) in [7, 11) is -3.36. The van der Waals surface area contributed by atoms with E-state index in [9.17, 15) is 13.2 Å². The molecule has 0 unspecified atom stereocenters. The van der Waals surface area contributed by atoms with Crippen molar-refractivity contribution in [2.24, 2.45) is 0 Å². The lowest BCUT2D eigenvalue weighted by atomic mass is 10.3. The fourth-order valence-electron chi connectivity index (χ4n) is 1.60. The summed E-state index contributed by atoms with van der Waals surface area (Å²) in [5.74, 6) is -0.322. The minimum absolute atomic E-state index is 0.147. The van der Waals surface area contributed by atoms with E-state index in [1.165, 1.54) is 4.31 Å². The van der Waals surface area contributed by atoms with E-state index in [2.05, 4.69) is 10.3 Å². The Morgan fingerprint density at radius 3 is 2.70 bits per heavy atom. The molecule has 1 heterocycles. The summed E-state index contributed by atoms with van der Waals surface area (Å²) in [6.45, 7) is 2.49. The van der Waals surface area contributed by atoms with Gasteiger partial charge in [0.05, 0.1) is 25.0 Å². The number of pyridine rings is 1. The number of nitrogens with zero attached hydrogens (tertiary/aromatic N) is 2. The molecule has 1 N–H and O–H groups in total. The standard InChI is InChI=1S/C13H21N3O3S/c1-3-4-9-16(20(2,18)19)11-13(17)15-10-12-7-5-6-8-14-12/h5-8H,3-4,9-11H2,1-2H3,(H,15,17). The van der Waals surface area contributed by atoms with Crippen molar-refractivity contribution in [1.82, 2.24) is 14.6 Å². The Hall–Kier alpha value is -1.47. The number of carbonyl (C=O) groups excluding carboxylic acids is 1. The summed E-state index contributed by atoms with van der Waals surface area (Å²) in [6.07, 6.45) is 4.38. The molecule has 0 saturated heterocycles. The van der Waals surface area contributed by atoms with Crippen LogP contribution in [0.2, 0.25) is 0 Å². The fourth-order valence-corrected chi connectivity index (χ4v) is 2.42. The molecular formula is C13H21N3O3S. The Morgan fingerprint density at radius 2 is 2.15 bits per heavy atom. The Kier molecular flexibility index (Phi) is 6.60. The highest BCUT2D eigenvalue weighted by atomic mass is 32.2. The number of unbranched alkanes of at least 4 members (excludes halogenated alkanes) is 1. The van der Waals surface area contributed by atoms with Gasteiger partial charge in [0, 0.05) is 12.7 Å². The minimum atomic E-state index is -3.36. The van der Waals surface area contributed by atoms with Crippen molar-refractivity contribution in [2.45, 2.75) is 26.3 Å². The molecule has 0 radical (unpaired) electrons. The van der Waals surface area contributed by atoms with Gasteiger partial charge in [0.1, 0.15) is 0 Å². The number of rotatable bonds is 8. The summed E-state index contributed by atoms with van der Waals surface area (Å²) in [5.41, 5.74) is 0.736. The first-order valence-corrected chi connectivity index (χ1v) is 8.40. The summed E-state index contributed by atoms with van der Waals surface area (Å²) in [6, 6.07) is 5.42. The van der Waals surface area contributed by atoms with Crippen LogP contribution in [0.1, 0.15) is 25.5 Å². The maximum atomic E-state index is 11.8. The van der Waals surface area contributed by atoms with Gasteiger partial charge in [-0.3, -0.25) is 9.78 Å². The molecule has 0 aliphatic rings. The largest absolute Gasteiger partial charge is 0.349 e. The molecule has 20 heavy (non-hydrogen) atoms. The van der Waals surface area contributed by atoms with Crippen LogP contribution in [0.3, 0.4) is 0 Å². The zero-order chi connectivity index (χ0) is 15.0. The van der Waals surface area contributed by atoms with Crippen LogP contribution in [-0.2, 0) is 21.4 Å². The van der Waals surface area contributed by atoms with Gasteiger partial charge in [-0.05, 0) is 18.6 Å². The van der Waals surface area contributed by atoms with Crippen LogP contribution >= 0.6 is 0 Å². The van der Waals surface area contributed by atoms with Gasteiger partial charge < -0.3 is 5.32 Å². The maximum Gasteiger partial charge on any atom is 0.235 e. The van der Waals surface area contributed by atoms with E-state index in [0.717, 1.165) is 24.8 Å². The Balaban J connectivity index is 2.50. The molecule has 0 atom stereocenters. The number of nitrogens with one attached hydrogen (secondary N) is 1. The molecule has 0 fully saturated rings. The van der Waals surface area contributed by atoms with Gasteiger partial charge in [0.25, 0.3) is 0 Å². The van der Waals surface area contributed by atoms with Crippen LogP contribution in [0.5, 0.6) is 0 Å². The van der Waals surface area contributed by atoms with Crippen molar-refractivity contribution in [2.75, 3.05) is 19.3 Å². The van der Waals surface area contributed by atoms with Crippen molar-refractivity contribution in [3.63, 3.8) is 0 Å². The van der Waals surface area contributed by atoms with Crippen molar-refractivity contribution >= 4 is 15.9 Å². The summed E-state index contributed by atoms with van der Waals surface area (Å²) in [5, 5.41) is 2.67. The highest BCUT2D eigenvalue weighted by Gasteiger charge is 2.19. The quantitative estimate of drug-likeness (QED) is 0.768. The van der Waals surface area contributed by atoms with Crippen LogP contribution in [-0.4, -0.2) is 43.0 Å². The molecular weight excluding hydrogens is 278 g/mol. The summed E-state index contributed by atoms with van der Waals surface area (Å²) < 4.78 is 24.4. The molecule has 1 aromatic rings. The van der Waals surface area contributed by atoms with Gasteiger partial charge >= 0.3 is 0 Å². The van der Waals surface area contributed by atoms with Gasteiger partial charge in [0.2, 0.25) is 15.9 Å². The van der Waals surface area contributed by atoms with Gasteiger partial charge in [-0.25, -0.2) is 8.42 Å². The highest BCUT2D eigenvalue weighted by molar-refractivity contribution is 7.88. The molecule has 1 amide bonds. The van der Waals surface area contributed by atoms with Crippen LogP contribution in [0.15, 0.2) is 24.4 Å². The predicted octanol–water partition coefficient (Wildman–Crippen LogP) is 0.760. The van der Waals surface area contributed by atoms with E-state index in [0.29, 0.717) is 13.1 Å². The second-order valence-electron chi connectivity index (χ2n) is 4.55. The van der Waals surface area contributed by atoms with Crippen molar-refractivity contribution in [3.05, 3.63) is 30.1 Å². The SMILES string of the molecule is CCCCN(CC(=O)NCc1ccccn1)S(C)(=O)=O. The number of sulfonamides is 1. The predicted molar refractivity (Wildman–Crippen MR) is 77.4 cm³/mol. The first kappa shape index (κ1) is 16.6. The van der Waals surface area contributed by atoms with Crippen LogP contribution in [0.25, 0.3) is 0 Å². The number of hydrogen-bond acceptors (Lipinski definition) is 4. The van der Waals surface area contributed by atoms with Crippen LogP contribution in [0.4, 0.5) is 0 Å². The van der Waals surface area contributed by atoms with Gasteiger partial charge in [-0.15, -0.1) is 0 Å². The van der Waals surface area contributed by atoms with Gasteiger partial charge in [0.15, 0.2) is 0 Å². The molecule has 1 rings (SSSR count). The van der Waals surface area contributed by atoms with Gasteiger partial charge in [-0.2, -0.15) is 4.31 Å². The van der Waals surface area contributed by atoms with Crippen LogP contribution < -0.4 is 5.32 Å². The van der Waals surface area contributed by atoms with Crippen molar-refractivity contribution in [3.8, 4) is 0 Å². The average Bonchev–Trinajstić information content (AvgIpc) is 2.41. The fraction of sp³-hybridized carbons (Fsp3) is 0.538.